The Kier molecular flexibility index (Phi) is 10.2. The lowest BCUT2D eigenvalue weighted by molar-refractivity contribution is -0.133. The minimum absolute atomic E-state index is 0. The van der Waals surface area contributed by atoms with E-state index in [2.05, 4.69) is 41.0 Å². The maximum atomic E-state index is 13.5. The van der Waals surface area contributed by atoms with Crippen LogP contribution in [-0.2, 0) is 11.2 Å². The van der Waals surface area contributed by atoms with Crippen LogP contribution in [0.4, 0.5) is 5.82 Å². The molecule has 1 aliphatic carbocycles. The molecule has 2 heterocycles. The molecule has 33 heavy (non-hydrogen) atoms. The summed E-state index contributed by atoms with van der Waals surface area (Å²) >= 11 is 6.07. The zero-order valence-corrected chi connectivity index (χ0v) is 21.8. The van der Waals surface area contributed by atoms with Gasteiger partial charge in [0.1, 0.15) is 12.1 Å². The van der Waals surface area contributed by atoms with E-state index in [0.29, 0.717) is 36.6 Å². The van der Waals surface area contributed by atoms with E-state index in [1.807, 2.05) is 29.2 Å². The normalized spacial score (nSPS) is 18.4. The number of nitrogens with one attached hydrogen (secondary N) is 1. The molecule has 0 saturated carbocycles. The van der Waals surface area contributed by atoms with Crippen molar-refractivity contribution in [2.24, 2.45) is 0 Å². The van der Waals surface area contributed by atoms with Gasteiger partial charge in [0, 0.05) is 55.0 Å². The van der Waals surface area contributed by atoms with E-state index < -0.39 is 0 Å². The smallest absolute Gasteiger partial charge is 0.231 e. The van der Waals surface area contributed by atoms with Crippen LogP contribution in [0.15, 0.2) is 30.6 Å². The molecule has 1 aromatic heterocycles. The summed E-state index contributed by atoms with van der Waals surface area (Å²) in [5, 5.41) is 4.13. The average molecular weight is 515 g/mol. The lowest BCUT2D eigenvalue weighted by Crippen LogP contribution is -2.51. The summed E-state index contributed by atoms with van der Waals surface area (Å²) in [6.45, 7) is 10.1. The molecule has 1 N–H and O–H groups in total. The molecule has 0 spiro atoms. The van der Waals surface area contributed by atoms with Gasteiger partial charge >= 0.3 is 0 Å². The van der Waals surface area contributed by atoms with E-state index in [0.717, 1.165) is 37.3 Å². The summed E-state index contributed by atoms with van der Waals surface area (Å²) in [5.41, 5.74) is 3.51. The minimum Gasteiger partial charge on any atom is -0.353 e. The molecule has 2 unspecified atom stereocenters. The van der Waals surface area contributed by atoms with Crippen molar-refractivity contribution in [2.75, 3.05) is 37.6 Å². The van der Waals surface area contributed by atoms with Gasteiger partial charge in [0.15, 0.2) is 0 Å². The third-order valence-electron chi connectivity index (χ3n) is 6.44. The maximum Gasteiger partial charge on any atom is 0.231 e. The second-order valence-corrected chi connectivity index (χ2v) is 9.41. The first-order valence-electron chi connectivity index (χ1n) is 11.3. The van der Waals surface area contributed by atoms with Crippen molar-refractivity contribution in [1.29, 1.82) is 0 Å². The highest BCUT2D eigenvalue weighted by atomic mass is 35.5. The van der Waals surface area contributed by atoms with Gasteiger partial charge in [-0.25, -0.2) is 9.97 Å². The minimum atomic E-state index is -0.213. The fourth-order valence-corrected chi connectivity index (χ4v) is 4.76. The molecule has 1 aliphatic heterocycles. The van der Waals surface area contributed by atoms with Crippen LogP contribution in [0.25, 0.3) is 0 Å². The lowest BCUT2D eigenvalue weighted by atomic mass is 9.96. The van der Waals surface area contributed by atoms with Gasteiger partial charge in [-0.3, -0.25) is 4.79 Å². The molecular formula is C24H34Cl3N5O. The van der Waals surface area contributed by atoms with Crippen LogP contribution in [0, 0.1) is 0 Å². The molecule has 182 valence electrons. The number of aromatic nitrogens is 2. The zero-order chi connectivity index (χ0) is 22.0. The number of hydrogen-bond donors (Lipinski definition) is 1. The molecule has 2 aromatic rings. The molecule has 4 rings (SSSR count). The zero-order valence-electron chi connectivity index (χ0n) is 19.5. The van der Waals surface area contributed by atoms with Gasteiger partial charge in [0.25, 0.3) is 0 Å². The van der Waals surface area contributed by atoms with Crippen LogP contribution in [0.5, 0.6) is 0 Å². The summed E-state index contributed by atoms with van der Waals surface area (Å²) in [6.07, 6.45) is 3.87. The maximum absolute atomic E-state index is 13.5. The number of nitrogens with zero attached hydrogens (tertiary/aromatic N) is 4. The fraction of sp³-hybridized carbons (Fsp3) is 0.542. The number of carbonyl (C=O) groups is 1. The van der Waals surface area contributed by atoms with Crippen molar-refractivity contribution in [1.82, 2.24) is 20.2 Å². The number of aryl methyl sites for hydroxylation is 1. The Morgan fingerprint density at radius 3 is 2.42 bits per heavy atom. The fourth-order valence-electron chi connectivity index (χ4n) is 4.63. The number of amides is 1. The van der Waals surface area contributed by atoms with Crippen LogP contribution in [0.1, 0.15) is 55.8 Å². The number of carbonyl (C=O) groups excluding carboxylic acids is 1. The first kappa shape index (κ1) is 27.6. The van der Waals surface area contributed by atoms with Gasteiger partial charge < -0.3 is 15.1 Å². The van der Waals surface area contributed by atoms with E-state index in [1.54, 1.807) is 6.33 Å². The summed E-state index contributed by atoms with van der Waals surface area (Å²) in [7, 11) is 0. The van der Waals surface area contributed by atoms with Gasteiger partial charge in [0.05, 0.1) is 5.92 Å². The molecule has 0 radical (unpaired) electrons. The molecule has 2 aliphatic rings. The van der Waals surface area contributed by atoms with E-state index >= 15 is 0 Å². The number of halogens is 3. The van der Waals surface area contributed by atoms with Crippen molar-refractivity contribution in [3.8, 4) is 0 Å². The number of hydrogen-bond acceptors (Lipinski definition) is 5. The van der Waals surface area contributed by atoms with E-state index in [4.69, 9.17) is 11.6 Å². The predicted molar refractivity (Wildman–Crippen MR) is 139 cm³/mol. The second kappa shape index (κ2) is 12.2. The van der Waals surface area contributed by atoms with Crippen LogP contribution in [0.2, 0.25) is 5.02 Å². The molecule has 2 atom stereocenters. The van der Waals surface area contributed by atoms with Gasteiger partial charge in [-0.2, -0.15) is 0 Å². The van der Waals surface area contributed by atoms with Crippen LogP contribution >= 0.6 is 36.4 Å². The van der Waals surface area contributed by atoms with Gasteiger partial charge in [-0.15, -0.1) is 24.8 Å². The van der Waals surface area contributed by atoms with Crippen molar-refractivity contribution >= 4 is 48.1 Å². The molecule has 1 fully saturated rings. The average Bonchev–Trinajstić information content (AvgIpc) is 3.16. The number of benzene rings is 1. The van der Waals surface area contributed by atoms with Gasteiger partial charge in [-0.05, 0) is 36.5 Å². The number of piperazine rings is 1. The van der Waals surface area contributed by atoms with Crippen molar-refractivity contribution in [3.05, 3.63) is 52.4 Å². The van der Waals surface area contributed by atoms with Crippen LogP contribution < -0.4 is 10.2 Å². The highest BCUT2D eigenvalue weighted by Gasteiger charge is 2.32. The third kappa shape index (κ3) is 6.30. The summed E-state index contributed by atoms with van der Waals surface area (Å²) in [6, 6.07) is 7.98. The summed E-state index contributed by atoms with van der Waals surface area (Å²) < 4.78 is 0. The molecule has 0 bridgehead atoms. The quantitative estimate of drug-likeness (QED) is 0.617. The van der Waals surface area contributed by atoms with Gasteiger partial charge in [-0.1, -0.05) is 44.5 Å². The second-order valence-electron chi connectivity index (χ2n) is 8.98. The number of anilines is 1. The molecule has 1 aromatic carbocycles. The van der Waals surface area contributed by atoms with Crippen LogP contribution in [-0.4, -0.2) is 59.5 Å². The Morgan fingerprint density at radius 2 is 1.79 bits per heavy atom. The van der Waals surface area contributed by atoms with Crippen LogP contribution in [0.3, 0.4) is 0 Å². The number of rotatable bonds is 6. The third-order valence-corrected chi connectivity index (χ3v) is 6.70. The van der Waals surface area contributed by atoms with Gasteiger partial charge in [0.2, 0.25) is 5.91 Å². The first-order valence-corrected chi connectivity index (χ1v) is 11.7. The Hall–Kier alpha value is -1.60. The first-order chi connectivity index (χ1) is 14.9. The van der Waals surface area contributed by atoms with E-state index in [1.165, 1.54) is 11.3 Å². The Balaban J connectivity index is 0.00000193. The largest absolute Gasteiger partial charge is 0.353 e. The molecule has 9 heteroatoms. The van der Waals surface area contributed by atoms with E-state index in [-0.39, 0.29) is 36.6 Å². The van der Waals surface area contributed by atoms with E-state index in [9.17, 15) is 4.79 Å². The molecule has 1 saturated heterocycles. The standard InChI is InChI=1S/C24H32ClN5O.2ClH/c1-16(2)26-14-20(18-5-7-19(25)8-6-18)24(31)30-12-10-29(11-13-30)23-22-17(3)4-9-21(22)27-15-28-23;;/h5-8,15-17,20,26H,4,9-14H2,1-3H3;2*1H. The topological polar surface area (TPSA) is 61.4 Å². The monoisotopic (exact) mass is 513 g/mol. The predicted octanol–water partition coefficient (Wildman–Crippen LogP) is 4.45. The molecular weight excluding hydrogens is 481 g/mol. The highest BCUT2D eigenvalue weighted by molar-refractivity contribution is 6.30. The SMILES string of the molecule is CC(C)NCC(C(=O)N1CCN(c2ncnc3c2C(C)CC3)CC1)c1ccc(Cl)cc1.Cl.Cl. The lowest BCUT2D eigenvalue weighted by Gasteiger charge is -2.38. The summed E-state index contributed by atoms with van der Waals surface area (Å²) in [5.74, 6) is 1.53. The van der Waals surface area contributed by atoms with Crippen molar-refractivity contribution in [2.45, 2.75) is 51.5 Å². The van der Waals surface area contributed by atoms with Crippen molar-refractivity contribution < 1.29 is 4.79 Å². The Labute approximate surface area is 214 Å². The molecule has 1 amide bonds. The highest BCUT2D eigenvalue weighted by Crippen LogP contribution is 2.37. The number of fused-ring (bicyclic) bond motifs is 1. The Bertz CT molecular complexity index is 917. The summed E-state index contributed by atoms with van der Waals surface area (Å²) in [4.78, 5) is 26.9. The molecule has 6 nitrogen and oxygen atoms in total. The van der Waals surface area contributed by atoms with Crippen molar-refractivity contribution in [3.63, 3.8) is 0 Å². The Morgan fingerprint density at radius 1 is 1.12 bits per heavy atom.